The Labute approximate surface area is 160 Å². The number of aromatic nitrogens is 2. The lowest BCUT2D eigenvalue weighted by Gasteiger charge is -2.34. The fourth-order valence-electron chi connectivity index (χ4n) is 3.55. The van der Waals surface area contributed by atoms with E-state index in [1.807, 2.05) is 0 Å². The summed E-state index contributed by atoms with van der Waals surface area (Å²) in [5, 5.41) is 33.5. The summed E-state index contributed by atoms with van der Waals surface area (Å²) < 4.78 is 7.10. The average Bonchev–Trinajstić information content (AvgIpc) is 2.91. The van der Waals surface area contributed by atoms with E-state index >= 15 is 0 Å². The fraction of sp³-hybridized carbons (Fsp3) is 0.789. The number of aliphatic hydroxyl groups excluding tert-OH is 3. The van der Waals surface area contributed by atoms with Crippen molar-refractivity contribution >= 4 is 5.82 Å². The van der Waals surface area contributed by atoms with E-state index in [9.17, 15) is 20.1 Å². The fourth-order valence-corrected chi connectivity index (χ4v) is 3.55. The molecule has 1 aliphatic rings. The van der Waals surface area contributed by atoms with Gasteiger partial charge in [0, 0.05) is 12.7 Å². The molecule has 4 atom stereocenters. The Hall–Kier alpha value is -1.48. The summed E-state index contributed by atoms with van der Waals surface area (Å²) in [7, 11) is 0. The molecule has 0 aromatic carbocycles. The van der Waals surface area contributed by atoms with Crippen LogP contribution in [0.5, 0.6) is 0 Å². The van der Waals surface area contributed by atoms with Crippen molar-refractivity contribution < 1.29 is 20.1 Å². The molecular formula is C19H33N3O5. The molecule has 2 rings (SSSR count). The van der Waals surface area contributed by atoms with Gasteiger partial charge in [0.15, 0.2) is 5.72 Å². The molecule has 1 aliphatic heterocycles. The number of anilines is 1. The Morgan fingerprint density at radius 1 is 1.22 bits per heavy atom. The maximum Gasteiger partial charge on any atom is 0.351 e. The zero-order chi connectivity index (χ0) is 19.9. The van der Waals surface area contributed by atoms with Gasteiger partial charge < -0.3 is 25.4 Å². The van der Waals surface area contributed by atoms with Crippen molar-refractivity contribution in [2.45, 2.75) is 82.8 Å². The van der Waals surface area contributed by atoms with E-state index in [0.717, 1.165) is 38.6 Å². The minimum atomic E-state index is -1.42. The van der Waals surface area contributed by atoms with Crippen molar-refractivity contribution in [1.29, 1.82) is 0 Å². The maximum absolute atomic E-state index is 12.7. The van der Waals surface area contributed by atoms with E-state index in [2.05, 4.69) is 24.1 Å². The molecule has 27 heavy (non-hydrogen) atoms. The lowest BCUT2D eigenvalue weighted by Crippen LogP contribution is -2.50. The van der Waals surface area contributed by atoms with Gasteiger partial charge >= 0.3 is 5.69 Å². The smallest absolute Gasteiger partial charge is 0.351 e. The third-order valence-corrected chi connectivity index (χ3v) is 5.14. The van der Waals surface area contributed by atoms with E-state index in [-0.39, 0.29) is 0 Å². The highest BCUT2D eigenvalue weighted by atomic mass is 16.6. The molecule has 0 bridgehead atoms. The van der Waals surface area contributed by atoms with E-state index in [0.29, 0.717) is 18.7 Å². The van der Waals surface area contributed by atoms with Crippen LogP contribution in [0.4, 0.5) is 5.82 Å². The number of unbranched alkanes of at least 4 members (excludes halogenated alkanes) is 4. The summed E-state index contributed by atoms with van der Waals surface area (Å²) in [5.41, 5.74) is -1.98. The lowest BCUT2D eigenvalue weighted by atomic mass is 9.96. The van der Waals surface area contributed by atoms with Crippen LogP contribution >= 0.6 is 0 Å². The summed E-state index contributed by atoms with van der Waals surface area (Å²) >= 11 is 0. The first-order chi connectivity index (χ1) is 13.0. The van der Waals surface area contributed by atoms with Crippen molar-refractivity contribution in [3.05, 3.63) is 22.7 Å². The van der Waals surface area contributed by atoms with Crippen molar-refractivity contribution in [2.75, 3.05) is 18.5 Å². The molecule has 1 aromatic heterocycles. The first-order valence-corrected chi connectivity index (χ1v) is 9.99. The standard InChI is InChI=1S/C19H33N3O5/c1-3-5-7-10-19(17(25)16(24)14(13-23)27-19)22-12-9-15(21-18(22)26)20-11-8-6-4-2/h9,12,14,16-17,23-25H,3-8,10-11,13H2,1-2H3,(H,20,21,26)/t14-,16-,17-,19-/m1/s1. The van der Waals surface area contributed by atoms with Gasteiger partial charge in [0.05, 0.1) is 6.61 Å². The Morgan fingerprint density at radius 2 is 1.93 bits per heavy atom. The summed E-state index contributed by atoms with van der Waals surface area (Å²) in [5.74, 6) is 0.475. The quantitative estimate of drug-likeness (QED) is 0.424. The van der Waals surface area contributed by atoms with E-state index < -0.39 is 36.3 Å². The highest BCUT2D eigenvalue weighted by molar-refractivity contribution is 5.31. The summed E-state index contributed by atoms with van der Waals surface area (Å²) in [6, 6.07) is 1.67. The van der Waals surface area contributed by atoms with Gasteiger partial charge in [-0.3, -0.25) is 4.57 Å². The van der Waals surface area contributed by atoms with E-state index in [1.54, 1.807) is 12.3 Å². The van der Waals surface area contributed by atoms with Crippen LogP contribution in [-0.2, 0) is 10.5 Å². The SMILES string of the molecule is CCCCCNc1ccn([C@]2(CCCCC)O[C@H](CO)[C@@H](O)[C@H]2O)c(=O)n1. The van der Waals surface area contributed by atoms with Crippen LogP contribution in [0, 0.1) is 0 Å². The Bertz CT molecular complexity index is 638. The van der Waals surface area contributed by atoms with Crippen LogP contribution in [0.25, 0.3) is 0 Å². The number of hydrogen-bond donors (Lipinski definition) is 4. The van der Waals surface area contributed by atoms with Crippen LogP contribution in [0.15, 0.2) is 17.1 Å². The summed E-state index contributed by atoms with van der Waals surface area (Å²) in [4.78, 5) is 16.7. The van der Waals surface area contributed by atoms with Gasteiger partial charge in [-0.05, 0) is 25.3 Å². The molecule has 154 valence electrons. The Morgan fingerprint density at radius 3 is 2.52 bits per heavy atom. The lowest BCUT2D eigenvalue weighted by molar-refractivity contribution is -0.156. The maximum atomic E-state index is 12.7. The molecule has 0 spiro atoms. The van der Waals surface area contributed by atoms with Gasteiger partial charge in [-0.15, -0.1) is 0 Å². The molecule has 0 amide bonds. The van der Waals surface area contributed by atoms with Gasteiger partial charge in [0.1, 0.15) is 24.1 Å². The van der Waals surface area contributed by atoms with E-state index in [1.165, 1.54) is 4.57 Å². The molecule has 1 aromatic rings. The normalized spacial score (nSPS) is 27.8. The molecule has 8 nitrogen and oxygen atoms in total. The molecule has 0 radical (unpaired) electrons. The molecular weight excluding hydrogens is 350 g/mol. The highest BCUT2D eigenvalue weighted by Crippen LogP contribution is 2.39. The third-order valence-electron chi connectivity index (χ3n) is 5.14. The summed E-state index contributed by atoms with van der Waals surface area (Å²) in [6.07, 6.45) is 4.13. The second-order valence-electron chi connectivity index (χ2n) is 7.18. The largest absolute Gasteiger partial charge is 0.394 e. The van der Waals surface area contributed by atoms with Crippen LogP contribution in [0.2, 0.25) is 0 Å². The van der Waals surface area contributed by atoms with Crippen molar-refractivity contribution in [3.63, 3.8) is 0 Å². The molecule has 1 fully saturated rings. The zero-order valence-electron chi connectivity index (χ0n) is 16.3. The minimum absolute atomic E-state index is 0.348. The number of nitrogens with one attached hydrogen (secondary N) is 1. The van der Waals surface area contributed by atoms with Gasteiger partial charge in [0.2, 0.25) is 0 Å². The molecule has 0 saturated carbocycles. The molecule has 0 unspecified atom stereocenters. The number of nitrogens with zero attached hydrogens (tertiary/aromatic N) is 2. The van der Waals surface area contributed by atoms with Gasteiger partial charge in [0.25, 0.3) is 0 Å². The first kappa shape index (κ1) is 21.8. The van der Waals surface area contributed by atoms with E-state index in [4.69, 9.17) is 4.74 Å². The number of rotatable bonds is 11. The molecule has 1 saturated heterocycles. The van der Waals surface area contributed by atoms with Gasteiger partial charge in [-0.2, -0.15) is 4.98 Å². The Kier molecular flexibility index (Phi) is 8.22. The Balaban J connectivity index is 2.26. The van der Waals surface area contributed by atoms with Crippen LogP contribution < -0.4 is 11.0 Å². The predicted octanol–water partition coefficient (Wildman–Crippen LogP) is 1.19. The molecule has 4 N–H and O–H groups in total. The van der Waals surface area contributed by atoms with Gasteiger partial charge in [-0.1, -0.05) is 39.5 Å². The van der Waals surface area contributed by atoms with Gasteiger partial charge in [-0.25, -0.2) is 4.79 Å². The summed E-state index contributed by atoms with van der Waals surface area (Å²) in [6.45, 7) is 4.47. The molecule has 8 heteroatoms. The van der Waals surface area contributed by atoms with Crippen LogP contribution in [0.1, 0.15) is 58.8 Å². The third kappa shape index (κ3) is 4.87. The van der Waals surface area contributed by atoms with Crippen molar-refractivity contribution in [3.8, 4) is 0 Å². The highest BCUT2D eigenvalue weighted by Gasteiger charge is 2.55. The zero-order valence-corrected chi connectivity index (χ0v) is 16.3. The molecule has 0 aliphatic carbocycles. The van der Waals surface area contributed by atoms with Crippen LogP contribution in [-0.4, -0.2) is 56.3 Å². The number of aliphatic hydroxyl groups is 3. The monoisotopic (exact) mass is 383 g/mol. The predicted molar refractivity (Wildman–Crippen MR) is 103 cm³/mol. The molecule has 2 heterocycles. The number of ether oxygens (including phenoxy) is 1. The topological polar surface area (TPSA) is 117 Å². The average molecular weight is 383 g/mol. The first-order valence-electron chi connectivity index (χ1n) is 9.99. The number of hydrogen-bond acceptors (Lipinski definition) is 7. The minimum Gasteiger partial charge on any atom is -0.394 e. The van der Waals surface area contributed by atoms with Crippen LogP contribution in [0.3, 0.4) is 0 Å². The second-order valence-corrected chi connectivity index (χ2v) is 7.18. The van der Waals surface area contributed by atoms with Crippen molar-refractivity contribution in [2.24, 2.45) is 0 Å². The van der Waals surface area contributed by atoms with Crippen molar-refractivity contribution in [1.82, 2.24) is 9.55 Å². The second kappa shape index (κ2) is 10.2.